The zero-order valence-corrected chi connectivity index (χ0v) is 30.5. The second-order valence-electron chi connectivity index (χ2n) is 13.4. The van der Waals surface area contributed by atoms with Gasteiger partial charge in [-0.15, -0.1) is 0 Å². The lowest BCUT2D eigenvalue weighted by Crippen LogP contribution is -2.24. The van der Waals surface area contributed by atoms with Crippen molar-refractivity contribution in [1.29, 1.82) is 0 Å². The maximum absolute atomic E-state index is 12.1. The third-order valence-electron chi connectivity index (χ3n) is 8.96. The molecule has 0 unspecified atom stereocenters. The third kappa shape index (κ3) is 27.3. The smallest absolute Gasteiger partial charge is 0.306 e. The van der Waals surface area contributed by atoms with Gasteiger partial charge in [0.2, 0.25) is 0 Å². The zero-order valence-electron chi connectivity index (χ0n) is 30.5. The van der Waals surface area contributed by atoms with E-state index in [1.54, 1.807) is 0 Å². The van der Waals surface area contributed by atoms with E-state index in [4.69, 9.17) is 18.9 Å². The first-order valence-corrected chi connectivity index (χ1v) is 19.4. The van der Waals surface area contributed by atoms with Crippen LogP contribution in [0.4, 0.5) is 0 Å². The van der Waals surface area contributed by atoms with Crippen LogP contribution in [0.3, 0.4) is 0 Å². The van der Waals surface area contributed by atoms with Crippen LogP contribution in [0.25, 0.3) is 0 Å². The lowest BCUT2D eigenvalue weighted by atomic mass is 9.83. The molecule has 0 N–H and O–H groups in total. The number of hydrogen-bond acceptors (Lipinski definition) is 8. The number of hydrogen-bond donors (Lipinski definition) is 0. The molecule has 0 aliphatic heterocycles. The Morgan fingerprint density at radius 2 is 0.750 bits per heavy atom. The molecule has 0 aromatic carbocycles. The monoisotopic (exact) mass is 676 g/mol. The van der Waals surface area contributed by atoms with Gasteiger partial charge >= 0.3 is 23.9 Å². The van der Waals surface area contributed by atoms with Crippen LogP contribution in [-0.4, -0.2) is 50.3 Å². The molecule has 0 radical (unpaired) electrons. The summed E-state index contributed by atoms with van der Waals surface area (Å²) < 4.78 is 21.2. The number of esters is 4. The molecule has 0 saturated heterocycles. The van der Waals surface area contributed by atoms with E-state index in [-0.39, 0.29) is 74.6 Å². The van der Waals surface area contributed by atoms with Crippen LogP contribution in [0.5, 0.6) is 0 Å². The Morgan fingerprint density at radius 3 is 1.10 bits per heavy atom. The van der Waals surface area contributed by atoms with Gasteiger partial charge in [0.15, 0.2) is 0 Å². The van der Waals surface area contributed by atoms with Crippen molar-refractivity contribution in [3.05, 3.63) is 24.3 Å². The molecule has 0 atom stereocenters. The number of rotatable bonds is 30. The quantitative estimate of drug-likeness (QED) is 0.0320. The minimum Gasteiger partial charge on any atom is -0.465 e. The zero-order chi connectivity index (χ0) is 34.9. The summed E-state index contributed by atoms with van der Waals surface area (Å²) in [5.74, 6) is -0.990. The highest BCUT2D eigenvalue weighted by Gasteiger charge is 2.24. The standard InChI is InChI=1S/C40H68O8/c1-3-5-7-9-11-13-15-17-19-21-31-45-37(41)27-29-39(43)47-33-35-23-25-36(26-24-35)34-48-40(44)30-28-38(42)46-32-22-20-18-16-14-12-10-8-6-4-2/h19-22,35-36H,3-18,23-34H2,1-2H3/b21-19+,22-20+. The van der Waals surface area contributed by atoms with Gasteiger partial charge in [0.05, 0.1) is 38.9 Å². The van der Waals surface area contributed by atoms with E-state index in [1.165, 1.54) is 77.0 Å². The van der Waals surface area contributed by atoms with Crippen LogP contribution < -0.4 is 0 Å². The molecule has 1 rings (SSSR count). The number of carbonyl (C=O) groups excluding carboxylic acids is 4. The molecule has 0 heterocycles. The second kappa shape index (κ2) is 31.6. The first-order valence-electron chi connectivity index (χ1n) is 19.4. The van der Waals surface area contributed by atoms with Crippen LogP contribution in [-0.2, 0) is 38.1 Å². The average molecular weight is 677 g/mol. The van der Waals surface area contributed by atoms with Crippen molar-refractivity contribution in [2.45, 2.75) is 168 Å². The summed E-state index contributed by atoms with van der Waals surface area (Å²) in [6.45, 7) is 5.63. The molecule has 8 nitrogen and oxygen atoms in total. The second-order valence-corrected chi connectivity index (χ2v) is 13.4. The first kappa shape index (κ1) is 43.4. The van der Waals surface area contributed by atoms with Crippen LogP contribution in [0.1, 0.15) is 168 Å². The van der Waals surface area contributed by atoms with Gasteiger partial charge in [-0.25, -0.2) is 0 Å². The number of allylic oxidation sites excluding steroid dienone is 2. The van der Waals surface area contributed by atoms with E-state index in [1.807, 2.05) is 12.2 Å². The van der Waals surface area contributed by atoms with Crippen molar-refractivity contribution in [1.82, 2.24) is 0 Å². The highest BCUT2D eigenvalue weighted by atomic mass is 16.5. The lowest BCUT2D eigenvalue weighted by Gasteiger charge is -2.27. The topological polar surface area (TPSA) is 105 Å². The summed E-state index contributed by atoms with van der Waals surface area (Å²) in [6.07, 6.45) is 31.4. The molecule has 1 aliphatic carbocycles. The van der Waals surface area contributed by atoms with Gasteiger partial charge in [-0.1, -0.05) is 115 Å². The minimum atomic E-state index is -0.388. The molecule has 8 heteroatoms. The van der Waals surface area contributed by atoms with Gasteiger partial charge in [-0.05, 0) is 63.2 Å². The van der Waals surface area contributed by atoms with Crippen molar-refractivity contribution < 1.29 is 38.1 Å². The van der Waals surface area contributed by atoms with Crippen LogP contribution in [0, 0.1) is 11.8 Å². The molecule has 0 spiro atoms. The first-order chi connectivity index (χ1) is 23.4. The molecule has 0 bridgehead atoms. The van der Waals surface area contributed by atoms with Crippen molar-refractivity contribution in [2.75, 3.05) is 26.4 Å². The molecule has 1 fully saturated rings. The van der Waals surface area contributed by atoms with E-state index in [0.717, 1.165) is 51.4 Å². The molecule has 0 aromatic heterocycles. The predicted octanol–water partition coefficient (Wildman–Crippen LogP) is 9.92. The highest BCUT2D eigenvalue weighted by Crippen LogP contribution is 2.29. The molecule has 1 aliphatic rings. The molecular formula is C40H68O8. The van der Waals surface area contributed by atoms with E-state index in [9.17, 15) is 19.2 Å². The Labute approximate surface area is 292 Å². The maximum atomic E-state index is 12.1. The average Bonchev–Trinajstić information content (AvgIpc) is 3.09. The predicted molar refractivity (Wildman–Crippen MR) is 191 cm³/mol. The van der Waals surface area contributed by atoms with Crippen LogP contribution in [0.2, 0.25) is 0 Å². The van der Waals surface area contributed by atoms with Crippen LogP contribution in [0.15, 0.2) is 24.3 Å². The molecule has 48 heavy (non-hydrogen) atoms. The summed E-state index contributed by atoms with van der Waals surface area (Å²) in [5, 5.41) is 0. The van der Waals surface area contributed by atoms with Gasteiger partial charge in [0, 0.05) is 0 Å². The molecular weight excluding hydrogens is 608 g/mol. The van der Waals surface area contributed by atoms with Crippen LogP contribution >= 0.6 is 0 Å². The largest absolute Gasteiger partial charge is 0.465 e. The van der Waals surface area contributed by atoms with Crippen molar-refractivity contribution in [2.24, 2.45) is 11.8 Å². The minimum absolute atomic E-state index is 0.0232. The number of carbonyl (C=O) groups is 4. The van der Waals surface area contributed by atoms with Gasteiger partial charge in [-0.3, -0.25) is 19.2 Å². The highest BCUT2D eigenvalue weighted by molar-refractivity contribution is 5.78. The van der Waals surface area contributed by atoms with Gasteiger partial charge in [0.1, 0.15) is 13.2 Å². The Balaban J connectivity index is 1.98. The Kier molecular flexibility index (Phi) is 28.6. The van der Waals surface area contributed by atoms with Crippen molar-refractivity contribution >= 4 is 23.9 Å². The summed E-state index contributed by atoms with van der Waals surface area (Å²) >= 11 is 0. The van der Waals surface area contributed by atoms with Crippen molar-refractivity contribution in [3.8, 4) is 0 Å². The molecule has 0 aromatic rings. The van der Waals surface area contributed by atoms with Crippen molar-refractivity contribution in [3.63, 3.8) is 0 Å². The third-order valence-corrected chi connectivity index (χ3v) is 8.96. The van der Waals surface area contributed by atoms with Gasteiger partial charge < -0.3 is 18.9 Å². The van der Waals surface area contributed by atoms with E-state index in [0.29, 0.717) is 13.2 Å². The molecule has 0 amide bonds. The Hall–Kier alpha value is -2.64. The number of ether oxygens (including phenoxy) is 4. The van der Waals surface area contributed by atoms with E-state index >= 15 is 0 Å². The summed E-state index contributed by atoms with van der Waals surface area (Å²) in [6, 6.07) is 0. The molecule has 276 valence electrons. The van der Waals surface area contributed by atoms with Gasteiger partial charge in [-0.2, -0.15) is 0 Å². The van der Waals surface area contributed by atoms with Gasteiger partial charge in [0.25, 0.3) is 0 Å². The summed E-state index contributed by atoms with van der Waals surface area (Å²) in [7, 11) is 0. The maximum Gasteiger partial charge on any atom is 0.306 e. The van der Waals surface area contributed by atoms with E-state index in [2.05, 4.69) is 26.0 Å². The SMILES string of the molecule is CCCCCCCCC/C=C/COC(=O)CCC(=O)OCC1CCC(COC(=O)CCC(=O)OC/C=C/CCCCCCCCC)CC1. The Morgan fingerprint density at radius 1 is 0.438 bits per heavy atom. The fourth-order valence-corrected chi connectivity index (χ4v) is 5.78. The normalized spacial score (nSPS) is 16.3. The fraction of sp³-hybridized carbons (Fsp3) is 0.800. The Bertz CT molecular complexity index is 816. The molecule has 1 saturated carbocycles. The summed E-state index contributed by atoms with van der Waals surface area (Å²) in [5.41, 5.74) is 0. The summed E-state index contributed by atoms with van der Waals surface area (Å²) in [4.78, 5) is 48.1. The lowest BCUT2D eigenvalue weighted by molar-refractivity contribution is -0.151. The van der Waals surface area contributed by atoms with E-state index < -0.39 is 0 Å². The fourth-order valence-electron chi connectivity index (χ4n) is 5.78. The number of unbranched alkanes of at least 4 members (excludes halogenated alkanes) is 14.